The molecule has 1 fully saturated rings. The fraction of sp³-hybridized carbons (Fsp3) is 0.421. The fourth-order valence-electron chi connectivity index (χ4n) is 3.13. The summed E-state index contributed by atoms with van der Waals surface area (Å²) in [6, 6.07) is 2.07. The van der Waals surface area contributed by atoms with E-state index in [1.54, 1.807) is 12.3 Å². The molecule has 3 heterocycles. The maximum atomic E-state index is 13.5. The molecule has 2 aliphatic rings. The molecule has 0 aromatic carbocycles. The van der Waals surface area contributed by atoms with Gasteiger partial charge in [0.25, 0.3) is 0 Å². The predicted molar refractivity (Wildman–Crippen MR) is 109 cm³/mol. The summed E-state index contributed by atoms with van der Waals surface area (Å²) in [5, 5.41) is 6.43. The lowest BCUT2D eigenvalue weighted by Crippen LogP contribution is -2.34. The number of nitrogen functional groups attached to an aromatic ring is 1. The number of halogens is 2. The standard InChI is InChI=1S/C19H25F2N7O/c1-12(20)17(21)10-25-19(27-23)16-8-14(9-24-18(16)22)13-2-5-26-28(11-13)15-3-6-29-7-4-15/h5,8-9,11,15H,2-4,6-7,10,23H2,1H3,(H2,22,24)(H,25,27)/b17-12-. The van der Waals surface area contributed by atoms with Gasteiger partial charge >= 0.3 is 0 Å². The highest BCUT2D eigenvalue weighted by molar-refractivity contribution is 6.03. The maximum Gasteiger partial charge on any atom is 0.152 e. The van der Waals surface area contributed by atoms with Crippen molar-refractivity contribution in [3.63, 3.8) is 0 Å². The molecule has 0 amide bonds. The van der Waals surface area contributed by atoms with E-state index in [-0.39, 0.29) is 17.7 Å². The van der Waals surface area contributed by atoms with Gasteiger partial charge in [0.2, 0.25) is 0 Å². The molecule has 2 aliphatic heterocycles. The van der Waals surface area contributed by atoms with Crippen molar-refractivity contribution in [1.29, 1.82) is 0 Å². The van der Waals surface area contributed by atoms with E-state index in [4.69, 9.17) is 16.3 Å². The van der Waals surface area contributed by atoms with Crippen molar-refractivity contribution in [3.8, 4) is 0 Å². The highest BCUT2D eigenvalue weighted by Gasteiger charge is 2.22. The minimum Gasteiger partial charge on any atom is -0.383 e. The van der Waals surface area contributed by atoms with Gasteiger partial charge in [-0.2, -0.15) is 5.10 Å². The number of nitrogens with zero attached hydrogens (tertiary/aromatic N) is 4. The zero-order valence-electron chi connectivity index (χ0n) is 16.2. The molecular weight excluding hydrogens is 380 g/mol. The minimum absolute atomic E-state index is 0.125. The second-order valence-electron chi connectivity index (χ2n) is 6.78. The number of hydrazine groups is 1. The molecule has 10 heteroatoms. The highest BCUT2D eigenvalue weighted by Crippen LogP contribution is 2.26. The van der Waals surface area contributed by atoms with Crippen LogP contribution in [0.25, 0.3) is 5.57 Å². The van der Waals surface area contributed by atoms with E-state index < -0.39 is 18.2 Å². The van der Waals surface area contributed by atoms with Crippen LogP contribution in [-0.4, -0.2) is 47.8 Å². The molecular formula is C19H25F2N7O. The first-order chi connectivity index (χ1) is 14.0. The summed E-state index contributed by atoms with van der Waals surface area (Å²) in [6.45, 7) is 1.98. The lowest BCUT2D eigenvalue weighted by Gasteiger charge is -2.31. The number of hydrogen-bond donors (Lipinski definition) is 3. The lowest BCUT2D eigenvalue weighted by atomic mass is 10.0. The molecule has 0 bridgehead atoms. The van der Waals surface area contributed by atoms with Crippen LogP contribution in [0.15, 0.2) is 40.2 Å². The third kappa shape index (κ3) is 5.15. The molecule has 0 radical (unpaired) electrons. The van der Waals surface area contributed by atoms with E-state index in [0.717, 1.165) is 44.1 Å². The predicted octanol–water partition coefficient (Wildman–Crippen LogP) is 2.26. The van der Waals surface area contributed by atoms with E-state index in [2.05, 4.69) is 20.5 Å². The van der Waals surface area contributed by atoms with Crippen LogP contribution >= 0.6 is 0 Å². The monoisotopic (exact) mass is 405 g/mol. The first-order valence-corrected chi connectivity index (χ1v) is 9.37. The van der Waals surface area contributed by atoms with Crippen molar-refractivity contribution >= 4 is 23.4 Å². The smallest absolute Gasteiger partial charge is 0.152 e. The topological polar surface area (TPSA) is 114 Å². The second-order valence-corrected chi connectivity index (χ2v) is 6.78. The average Bonchev–Trinajstić information content (AvgIpc) is 2.75. The van der Waals surface area contributed by atoms with E-state index in [9.17, 15) is 8.78 Å². The zero-order chi connectivity index (χ0) is 20.8. The van der Waals surface area contributed by atoms with Crippen LogP contribution in [0.4, 0.5) is 14.6 Å². The molecule has 1 aromatic rings. The summed E-state index contributed by atoms with van der Waals surface area (Å²) in [5.74, 6) is 3.94. The van der Waals surface area contributed by atoms with Crippen molar-refractivity contribution in [1.82, 2.24) is 15.4 Å². The molecule has 3 rings (SSSR count). The molecule has 0 aliphatic carbocycles. The van der Waals surface area contributed by atoms with Crippen molar-refractivity contribution in [3.05, 3.63) is 41.2 Å². The maximum absolute atomic E-state index is 13.5. The Kier molecular flexibility index (Phi) is 6.89. The van der Waals surface area contributed by atoms with Crippen LogP contribution in [-0.2, 0) is 4.74 Å². The van der Waals surface area contributed by atoms with Crippen LogP contribution in [0.3, 0.4) is 0 Å². The number of allylic oxidation sites excluding steroid dienone is 2. The van der Waals surface area contributed by atoms with Gasteiger partial charge in [0.1, 0.15) is 17.5 Å². The number of anilines is 1. The van der Waals surface area contributed by atoms with E-state index in [1.165, 1.54) is 0 Å². The van der Waals surface area contributed by atoms with Crippen molar-refractivity contribution in [2.24, 2.45) is 15.9 Å². The normalized spacial score (nSPS) is 19.1. The van der Waals surface area contributed by atoms with E-state index >= 15 is 0 Å². The largest absolute Gasteiger partial charge is 0.383 e. The third-order valence-corrected chi connectivity index (χ3v) is 4.81. The van der Waals surface area contributed by atoms with Gasteiger partial charge in [0.15, 0.2) is 5.83 Å². The number of nitrogens with two attached hydrogens (primary N) is 2. The van der Waals surface area contributed by atoms with Gasteiger partial charge in [0.05, 0.1) is 18.2 Å². The number of ether oxygens (including phenoxy) is 1. The lowest BCUT2D eigenvalue weighted by molar-refractivity contribution is 0.0502. The van der Waals surface area contributed by atoms with Gasteiger partial charge < -0.3 is 15.9 Å². The number of nitrogens with one attached hydrogen (secondary N) is 1. The van der Waals surface area contributed by atoms with Crippen molar-refractivity contribution in [2.45, 2.75) is 32.2 Å². The van der Waals surface area contributed by atoms with Gasteiger partial charge in [-0.3, -0.25) is 10.0 Å². The summed E-state index contributed by atoms with van der Waals surface area (Å²) in [4.78, 5) is 8.21. The SMILES string of the molecule is C/C(F)=C(/F)CN=C(NN)c1cc(C2=CN(C3CCOCC3)N=CC2)cnc1N. The Morgan fingerprint density at radius 3 is 2.83 bits per heavy atom. The van der Waals surface area contributed by atoms with Gasteiger partial charge in [-0.25, -0.2) is 19.6 Å². The fourth-order valence-corrected chi connectivity index (χ4v) is 3.13. The molecule has 0 unspecified atom stereocenters. The molecule has 29 heavy (non-hydrogen) atoms. The quantitative estimate of drug-likeness (QED) is 0.300. The molecule has 8 nitrogen and oxygen atoms in total. The number of amidine groups is 1. The molecule has 0 saturated carbocycles. The summed E-state index contributed by atoms with van der Waals surface area (Å²) in [6.07, 6.45) is 7.95. The molecule has 156 valence electrons. The molecule has 0 spiro atoms. The average molecular weight is 405 g/mol. The molecule has 0 atom stereocenters. The molecule has 1 saturated heterocycles. The van der Waals surface area contributed by atoms with Gasteiger partial charge in [-0.1, -0.05) is 0 Å². The number of aromatic nitrogens is 1. The summed E-state index contributed by atoms with van der Waals surface area (Å²) in [5.41, 5.74) is 10.6. The van der Waals surface area contributed by atoms with Crippen LogP contribution in [0.2, 0.25) is 0 Å². The van der Waals surface area contributed by atoms with Gasteiger partial charge in [-0.15, -0.1) is 0 Å². The second kappa shape index (κ2) is 9.57. The zero-order valence-corrected chi connectivity index (χ0v) is 16.2. The van der Waals surface area contributed by atoms with Crippen LogP contribution in [0, 0.1) is 0 Å². The van der Waals surface area contributed by atoms with Crippen molar-refractivity contribution in [2.75, 3.05) is 25.5 Å². The van der Waals surface area contributed by atoms with Gasteiger partial charge in [-0.05, 0) is 37.0 Å². The Labute approximate surface area is 168 Å². The summed E-state index contributed by atoms with van der Waals surface area (Å²) in [7, 11) is 0. The minimum atomic E-state index is -0.973. The van der Waals surface area contributed by atoms with Crippen LogP contribution in [0.5, 0.6) is 0 Å². The first-order valence-electron chi connectivity index (χ1n) is 9.37. The highest BCUT2D eigenvalue weighted by atomic mass is 19.2. The Balaban J connectivity index is 1.87. The van der Waals surface area contributed by atoms with Crippen molar-refractivity contribution < 1.29 is 13.5 Å². The summed E-state index contributed by atoms with van der Waals surface area (Å²) >= 11 is 0. The number of pyridine rings is 1. The Hall–Kier alpha value is -2.85. The number of hydrogen-bond acceptors (Lipinski definition) is 7. The molecule has 5 N–H and O–H groups in total. The number of rotatable bonds is 5. The van der Waals surface area contributed by atoms with E-state index in [1.807, 2.05) is 17.4 Å². The third-order valence-electron chi connectivity index (χ3n) is 4.81. The Morgan fingerprint density at radius 2 is 2.14 bits per heavy atom. The Bertz CT molecular complexity index is 856. The Morgan fingerprint density at radius 1 is 1.38 bits per heavy atom. The number of hydrazone groups is 1. The van der Waals surface area contributed by atoms with Crippen LogP contribution < -0.4 is 17.0 Å². The van der Waals surface area contributed by atoms with Crippen LogP contribution in [0.1, 0.15) is 37.3 Å². The summed E-state index contributed by atoms with van der Waals surface area (Å²) < 4.78 is 31.8. The number of aliphatic imine (C=N–C) groups is 1. The van der Waals surface area contributed by atoms with Gasteiger partial charge in [0, 0.05) is 38.2 Å². The molecule has 1 aromatic heterocycles. The first kappa shape index (κ1) is 20.9. The van der Waals surface area contributed by atoms with E-state index in [0.29, 0.717) is 12.0 Å².